The zero-order chi connectivity index (χ0) is 18.7. The topological polar surface area (TPSA) is 24.9 Å². The van der Waals surface area contributed by atoms with E-state index in [4.69, 9.17) is 9.47 Å². The molecule has 1 aromatic carbocycles. The van der Waals surface area contributed by atoms with Crippen LogP contribution in [0, 0.1) is 18.3 Å². The van der Waals surface area contributed by atoms with Crippen LogP contribution in [-0.4, -0.2) is 69.0 Å². The number of fused-ring (bicyclic) bond motifs is 1. The molecule has 0 aromatic heterocycles. The lowest BCUT2D eigenvalue weighted by Crippen LogP contribution is -2.56. The van der Waals surface area contributed by atoms with Gasteiger partial charge in [-0.1, -0.05) is 24.3 Å². The molecule has 27 heavy (non-hydrogen) atoms. The van der Waals surface area contributed by atoms with Crippen LogP contribution in [0.5, 0.6) is 0 Å². The molecule has 4 nitrogen and oxygen atoms in total. The van der Waals surface area contributed by atoms with Crippen LogP contribution in [0.2, 0.25) is 0 Å². The second-order valence-corrected chi connectivity index (χ2v) is 8.99. The average Bonchev–Trinajstić information content (AvgIpc) is 2.70. The van der Waals surface area contributed by atoms with Crippen LogP contribution >= 0.6 is 0 Å². The predicted octanol–water partition coefficient (Wildman–Crippen LogP) is 3.33. The molecule has 0 unspecified atom stereocenters. The van der Waals surface area contributed by atoms with Crippen molar-refractivity contribution < 1.29 is 9.47 Å². The zero-order valence-electron chi connectivity index (χ0n) is 17.2. The van der Waals surface area contributed by atoms with Gasteiger partial charge in [0.15, 0.2) is 0 Å². The molecular formula is C23H36N2O2. The van der Waals surface area contributed by atoms with Crippen molar-refractivity contribution in [3.63, 3.8) is 0 Å². The van der Waals surface area contributed by atoms with Crippen molar-refractivity contribution in [3.8, 4) is 0 Å². The maximum absolute atomic E-state index is 5.78. The van der Waals surface area contributed by atoms with Crippen LogP contribution < -0.4 is 0 Å². The minimum atomic E-state index is 0.346. The second kappa shape index (κ2) is 8.60. The van der Waals surface area contributed by atoms with Gasteiger partial charge >= 0.3 is 0 Å². The minimum absolute atomic E-state index is 0.346. The smallest absolute Gasteiger partial charge is 0.0594 e. The molecule has 3 aliphatic rings. The fourth-order valence-corrected chi connectivity index (χ4v) is 5.81. The van der Waals surface area contributed by atoms with E-state index in [1.807, 2.05) is 7.11 Å². The normalized spacial score (nSPS) is 33.0. The molecule has 0 spiro atoms. The number of benzene rings is 1. The largest absolute Gasteiger partial charge is 0.384 e. The van der Waals surface area contributed by atoms with Gasteiger partial charge in [0.1, 0.15) is 0 Å². The van der Waals surface area contributed by atoms with E-state index in [0.717, 1.165) is 51.4 Å². The van der Waals surface area contributed by atoms with E-state index in [1.54, 1.807) is 0 Å². The van der Waals surface area contributed by atoms with E-state index in [0.29, 0.717) is 5.41 Å². The molecule has 0 N–H and O–H groups in total. The lowest BCUT2D eigenvalue weighted by atomic mass is 9.61. The molecule has 1 aromatic rings. The van der Waals surface area contributed by atoms with Crippen molar-refractivity contribution >= 4 is 0 Å². The number of hydrogen-bond donors (Lipinski definition) is 0. The van der Waals surface area contributed by atoms with Gasteiger partial charge in [-0.05, 0) is 56.2 Å². The fourth-order valence-electron chi connectivity index (χ4n) is 5.81. The van der Waals surface area contributed by atoms with E-state index in [2.05, 4.69) is 41.0 Å². The molecule has 0 amide bonds. The van der Waals surface area contributed by atoms with Crippen molar-refractivity contribution in [2.45, 2.75) is 45.2 Å². The summed E-state index contributed by atoms with van der Waals surface area (Å²) in [4.78, 5) is 5.38. The first-order valence-electron chi connectivity index (χ1n) is 10.8. The summed E-state index contributed by atoms with van der Waals surface area (Å²) >= 11 is 0. The Morgan fingerprint density at radius 3 is 2.74 bits per heavy atom. The zero-order valence-corrected chi connectivity index (χ0v) is 17.2. The van der Waals surface area contributed by atoms with E-state index >= 15 is 0 Å². The van der Waals surface area contributed by atoms with Crippen molar-refractivity contribution in [2.75, 3.05) is 53.1 Å². The maximum atomic E-state index is 5.78. The van der Waals surface area contributed by atoms with Crippen LogP contribution in [0.15, 0.2) is 24.3 Å². The lowest BCUT2D eigenvalue weighted by molar-refractivity contribution is -0.0871. The number of aryl methyl sites for hydroxylation is 1. The summed E-state index contributed by atoms with van der Waals surface area (Å²) in [5, 5.41) is 0. The van der Waals surface area contributed by atoms with Crippen molar-refractivity contribution in [2.24, 2.45) is 11.3 Å². The molecule has 1 saturated carbocycles. The number of piperidine rings is 1. The SMILES string of the molecule is COC[C@@]12CC[C@@H](N3CCOCC3)C[C@H]1CCN(Cc1ccccc1C)C2. The molecule has 150 valence electrons. The van der Waals surface area contributed by atoms with Gasteiger partial charge in [0, 0.05) is 44.7 Å². The summed E-state index contributed by atoms with van der Waals surface area (Å²) in [6.45, 7) is 10.7. The summed E-state index contributed by atoms with van der Waals surface area (Å²) in [5.74, 6) is 0.798. The third-order valence-electron chi connectivity index (χ3n) is 7.38. The molecule has 2 saturated heterocycles. The first-order valence-corrected chi connectivity index (χ1v) is 10.8. The number of likely N-dealkylation sites (tertiary alicyclic amines) is 1. The number of nitrogens with zero attached hydrogens (tertiary/aromatic N) is 2. The van der Waals surface area contributed by atoms with Crippen LogP contribution in [0.3, 0.4) is 0 Å². The number of morpholine rings is 1. The molecule has 3 atom stereocenters. The maximum Gasteiger partial charge on any atom is 0.0594 e. The van der Waals surface area contributed by atoms with Gasteiger partial charge in [0.25, 0.3) is 0 Å². The Balaban J connectivity index is 1.43. The minimum Gasteiger partial charge on any atom is -0.384 e. The second-order valence-electron chi connectivity index (χ2n) is 8.99. The van der Waals surface area contributed by atoms with E-state index in [1.165, 1.54) is 49.9 Å². The Kier molecular flexibility index (Phi) is 6.18. The summed E-state index contributed by atoms with van der Waals surface area (Å²) in [5.41, 5.74) is 3.24. The fraction of sp³-hybridized carbons (Fsp3) is 0.739. The van der Waals surface area contributed by atoms with Crippen molar-refractivity contribution in [1.82, 2.24) is 9.80 Å². The monoisotopic (exact) mass is 372 g/mol. The average molecular weight is 373 g/mol. The highest BCUT2D eigenvalue weighted by atomic mass is 16.5. The van der Waals surface area contributed by atoms with Crippen molar-refractivity contribution in [3.05, 3.63) is 35.4 Å². The number of hydrogen-bond acceptors (Lipinski definition) is 4. The highest BCUT2D eigenvalue weighted by Crippen LogP contribution is 2.48. The van der Waals surface area contributed by atoms with Gasteiger partial charge < -0.3 is 9.47 Å². The van der Waals surface area contributed by atoms with Gasteiger partial charge in [-0.3, -0.25) is 9.80 Å². The first-order chi connectivity index (χ1) is 13.2. The standard InChI is InChI=1S/C23H36N2O2/c1-19-5-3-4-6-20(19)16-24-10-8-21-15-22(25-11-13-27-14-12-25)7-9-23(21,17-24)18-26-2/h3-6,21-22H,7-18H2,1-2H3/t21-,22-,23+/m1/s1. The van der Waals surface area contributed by atoms with E-state index < -0.39 is 0 Å². The van der Waals surface area contributed by atoms with Crippen LogP contribution in [0.1, 0.15) is 36.8 Å². The molecule has 2 heterocycles. The molecule has 2 aliphatic heterocycles. The Morgan fingerprint density at radius 1 is 1.15 bits per heavy atom. The summed E-state index contributed by atoms with van der Waals surface area (Å²) in [6.07, 6.45) is 5.29. The molecular weight excluding hydrogens is 336 g/mol. The number of ether oxygens (including phenoxy) is 2. The van der Waals surface area contributed by atoms with Crippen LogP contribution in [0.25, 0.3) is 0 Å². The van der Waals surface area contributed by atoms with Gasteiger partial charge in [-0.15, -0.1) is 0 Å². The summed E-state index contributed by atoms with van der Waals surface area (Å²) in [7, 11) is 1.89. The lowest BCUT2D eigenvalue weighted by Gasteiger charge is -2.54. The molecule has 4 heteroatoms. The van der Waals surface area contributed by atoms with Crippen LogP contribution in [0.4, 0.5) is 0 Å². The Morgan fingerprint density at radius 2 is 1.96 bits per heavy atom. The Bertz CT molecular complexity index is 616. The molecule has 0 bridgehead atoms. The third-order valence-corrected chi connectivity index (χ3v) is 7.38. The van der Waals surface area contributed by atoms with Crippen LogP contribution in [-0.2, 0) is 16.0 Å². The quantitative estimate of drug-likeness (QED) is 0.791. The number of methoxy groups -OCH3 is 1. The molecule has 1 aliphatic carbocycles. The van der Waals surface area contributed by atoms with Gasteiger partial charge in [-0.25, -0.2) is 0 Å². The summed E-state index contributed by atoms with van der Waals surface area (Å²) < 4.78 is 11.4. The Hall–Kier alpha value is -0.940. The highest BCUT2D eigenvalue weighted by molar-refractivity contribution is 5.25. The van der Waals surface area contributed by atoms with Gasteiger partial charge in [-0.2, -0.15) is 0 Å². The third kappa shape index (κ3) is 4.24. The molecule has 0 radical (unpaired) electrons. The van der Waals surface area contributed by atoms with E-state index in [9.17, 15) is 0 Å². The van der Waals surface area contributed by atoms with Crippen molar-refractivity contribution in [1.29, 1.82) is 0 Å². The number of rotatable bonds is 5. The molecule has 4 rings (SSSR count). The van der Waals surface area contributed by atoms with E-state index in [-0.39, 0.29) is 0 Å². The van der Waals surface area contributed by atoms with Gasteiger partial charge in [0.05, 0.1) is 19.8 Å². The van der Waals surface area contributed by atoms with Gasteiger partial charge in [0.2, 0.25) is 0 Å². The molecule has 3 fully saturated rings. The summed E-state index contributed by atoms with van der Waals surface area (Å²) in [6, 6.07) is 9.60. The highest BCUT2D eigenvalue weighted by Gasteiger charge is 2.47. The predicted molar refractivity (Wildman–Crippen MR) is 109 cm³/mol. The Labute approximate surface area is 164 Å². The first kappa shape index (κ1) is 19.4.